The number of aromatic nitrogens is 1. The molecule has 0 atom stereocenters. The molecule has 0 unspecified atom stereocenters. The minimum absolute atomic E-state index is 0.938. The molecule has 0 spiro atoms. The fourth-order valence-electron chi connectivity index (χ4n) is 7.94. The largest absolute Gasteiger partial charge is 0.309 e. The van der Waals surface area contributed by atoms with Crippen LogP contribution in [-0.4, -0.2) is 4.57 Å². The molecule has 8 aromatic carbocycles. The van der Waals surface area contributed by atoms with Crippen molar-refractivity contribution in [1.29, 1.82) is 0 Å². The Kier molecular flexibility index (Phi) is 7.59. The lowest BCUT2D eigenvalue weighted by atomic mass is 9.88. The summed E-state index contributed by atoms with van der Waals surface area (Å²) in [6, 6.07) is 59.8. The molecule has 1 aromatic heterocycles. The van der Waals surface area contributed by atoms with Gasteiger partial charge in [0.05, 0.1) is 11.0 Å². The van der Waals surface area contributed by atoms with E-state index in [0.717, 1.165) is 12.8 Å². The molecule has 1 nitrogen and oxygen atoms in total. The highest BCUT2D eigenvalue weighted by atomic mass is 15.0. The number of fused-ring (bicyclic) bond motifs is 10. The van der Waals surface area contributed by atoms with E-state index in [0.29, 0.717) is 0 Å². The Morgan fingerprint density at radius 1 is 0.500 bits per heavy atom. The summed E-state index contributed by atoms with van der Waals surface area (Å²) in [6.45, 7) is 2.12. The van der Waals surface area contributed by atoms with Crippen molar-refractivity contribution in [1.82, 2.24) is 4.57 Å². The van der Waals surface area contributed by atoms with E-state index in [9.17, 15) is 0 Å². The Morgan fingerprint density at radius 3 is 1.80 bits per heavy atom. The van der Waals surface area contributed by atoms with Gasteiger partial charge in [-0.05, 0) is 87.3 Å². The number of rotatable bonds is 7. The molecular weight excluding hydrogens is 603 g/mol. The van der Waals surface area contributed by atoms with Crippen molar-refractivity contribution in [2.45, 2.75) is 19.8 Å². The lowest BCUT2D eigenvalue weighted by Crippen LogP contribution is -1.97. The highest BCUT2D eigenvalue weighted by molar-refractivity contribution is 6.38. The molecule has 0 bridgehead atoms. The average molecular weight is 640 g/mol. The lowest BCUT2D eigenvalue weighted by Gasteiger charge is -2.16. The normalized spacial score (nSPS) is 12.3. The molecule has 238 valence electrons. The zero-order valence-electron chi connectivity index (χ0n) is 28.2. The van der Waals surface area contributed by atoms with Gasteiger partial charge in [0.15, 0.2) is 0 Å². The molecule has 9 aromatic rings. The van der Waals surface area contributed by atoms with Crippen LogP contribution in [0.2, 0.25) is 0 Å². The van der Waals surface area contributed by atoms with Crippen molar-refractivity contribution in [3.05, 3.63) is 188 Å². The quantitative estimate of drug-likeness (QED) is 0.121. The molecule has 0 fully saturated rings. The van der Waals surface area contributed by atoms with Crippen LogP contribution in [0.15, 0.2) is 182 Å². The van der Waals surface area contributed by atoms with Crippen LogP contribution in [0, 0.1) is 0 Å². The van der Waals surface area contributed by atoms with Crippen molar-refractivity contribution in [3.63, 3.8) is 0 Å². The molecule has 0 saturated carbocycles. The summed E-state index contributed by atoms with van der Waals surface area (Å²) in [5.41, 5.74) is 10.1. The van der Waals surface area contributed by atoms with Gasteiger partial charge in [0, 0.05) is 27.2 Å². The molecule has 1 heterocycles. The Balaban J connectivity index is 1.27. The molecule has 9 rings (SSSR count). The number of allylic oxidation sites excluding steroid dienone is 4. The summed E-state index contributed by atoms with van der Waals surface area (Å²) in [5, 5.41) is 10.3. The number of para-hydroxylation sites is 1. The van der Waals surface area contributed by atoms with Gasteiger partial charge >= 0.3 is 0 Å². The van der Waals surface area contributed by atoms with Gasteiger partial charge < -0.3 is 4.57 Å². The van der Waals surface area contributed by atoms with Crippen LogP contribution < -0.4 is 0 Å². The highest BCUT2D eigenvalue weighted by Crippen LogP contribution is 2.46. The third-order valence-corrected chi connectivity index (χ3v) is 10.2. The van der Waals surface area contributed by atoms with E-state index < -0.39 is 0 Å². The minimum atomic E-state index is 0.938. The van der Waals surface area contributed by atoms with Crippen molar-refractivity contribution in [2.24, 2.45) is 0 Å². The van der Waals surface area contributed by atoms with Gasteiger partial charge in [0.25, 0.3) is 0 Å². The first-order valence-electron chi connectivity index (χ1n) is 17.6. The third-order valence-electron chi connectivity index (χ3n) is 10.2. The number of nitrogens with zero attached hydrogens (tertiary/aromatic N) is 1. The third kappa shape index (κ3) is 5.02. The predicted molar refractivity (Wildman–Crippen MR) is 217 cm³/mol. The minimum Gasteiger partial charge on any atom is -0.309 e. The SMILES string of the molecule is C/C=C\C(=C/CCc1ccc(-c2ccccc2)cc1)n1c2ccccc2c2c3c4ccccc4c(-c4ccccc4)cc3c3ccccc3c21. The Hall–Kier alpha value is -6.18. The highest BCUT2D eigenvalue weighted by Gasteiger charge is 2.21. The second kappa shape index (κ2) is 12.7. The van der Waals surface area contributed by atoms with Gasteiger partial charge in [0.1, 0.15) is 0 Å². The van der Waals surface area contributed by atoms with Crippen LogP contribution in [0.1, 0.15) is 18.9 Å². The fraction of sp³-hybridized carbons (Fsp3) is 0.0612. The van der Waals surface area contributed by atoms with Crippen molar-refractivity contribution >= 4 is 59.8 Å². The van der Waals surface area contributed by atoms with Crippen molar-refractivity contribution in [2.75, 3.05) is 0 Å². The molecule has 0 N–H and O–H groups in total. The van der Waals surface area contributed by atoms with Crippen LogP contribution >= 0.6 is 0 Å². The van der Waals surface area contributed by atoms with Crippen molar-refractivity contribution < 1.29 is 0 Å². The van der Waals surface area contributed by atoms with Crippen LogP contribution in [0.3, 0.4) is 0 Å². The summed E-state index contributed by atoms with van der Waals surface area (Å²) >= 11 is 0. The van der Waals surface area contributed by atoms with Crippen LogP contribution in [0.4, 0.5) is 0 Å². The second-order valence-electron chi connectivity index (χ2n) is 13.1. The smallest absolute Gasteiger partial charge is 0.0626 e. The molecule has 0 aliphatic heterocycles. The zero-order chi connectivity index (χ0) is 33.4. The van der Waals surface area contributed by atoms with E-state index in [1.54, 1.807) is 0 Å². The van der Waals surface area contributed by atoms with E-state index in [1.807, 2.05) is 0 Å². The van der Waals surface area contributed by atoms with Gasteiger partial charge in [-0.25, -0.2) is 0 Å². The van der Waals surface area contributed by atoms with Gasteiger partial charge in [0.2, 0.25) is 0 Å². The van der Waals surface area contributed by atoms with Gasteiger partial charge in [-0.15, -0.1) is 0 Å². The maximum absolute atomic E-state index is 2.52. The van der Waals surface area contributed by atoms with Crippen LogP contribution in [0.5, 0.6) is 0 Å². The zero-order valence-corrected chi connectivity index (χ0v) is 28.2. The molecular formula is C49H37N. The van der Waals surface area contributed by atoms with E-state index >= 15 is 0 Å². The second-order valence-corrected chi connectivity index (χ2v) is 13.1. The van der Waals surface area contributed by atoms with E-state index in [2.05, 4.69) is 194 Å². The summed E-state index contributed by atoms with van der Waals surface area (Å²) < 4.78 is 2.52. The maximum Gasteiger partial charge on any atom is 0.0626 e. The summed E-state index contributed by atoms with van der Waals surface area (Å²) in [6.07, 6.45) is 8.79. The van der Waals surface area contributed by atoms with E-state index in [-0.39, 0.29) is 0 Å². The topological polar surface area (TPSA) is 4.93 Å². The number of hydrogen-bond donors (Lipinski definition) is 0. The summed E-state index contributed by atoms with van der Waals surface area (Å²) in [5.74, 6) is 0. The molecule has 0 aliphatic carbocycles. The van der Waals surface area contributed by atoms with E-state index in [4.69, 9.17) is 0 Å². The standard InChI is InChI=1S/C49H37N/c1-2-16-38(22-15-17-34-29-31-36(32-30-34)35-18-5-3-6-19-35)50-46-28-14-13-27-43(46)48-47-41-25-11-9-23-39(41)44(37-20-7-4-8-21-37)33-45(47)40-24-10-12-26-42(40)49(48)50/h2-14,16,18-33H,15,17H2,1H3/b16-2-,38-22+. The van der Waals surface area contributed by atoms with Gasteiger partial charge in [-0.2, -0.15) is 0 Å². The van der Waals surface area contributed by atoms with Crippen molar-refractivity contribution in [3.8, 4) is 22.3 Å². The predicted octanol–water partition coefficient (Wildman–Crippen LogP) is 13.6. The van der Waals surface area contributed by atoms with Gasteiger partial charge in [-0.3, -0.25) is 0 Å². The first-order valence-corrected chi connectivity index (χ1v) is 17.6. The molecule has 0 saturated heterocycles. The fourth-order valence-corrected chi connectivity index (χ4v) is 7.94. The molecule has 0 amide bonds. The maximum atomic E-state index is 2.52. The van der Waals surface area contributed by atoms with Crippen LogP contribution in [0.25, 0.3) is 82.1 Å². The number of benzene rings is 8. The molecule has 1 heteroatoms. The van der Waals surface area contributed by atoms with E-state index in [1.165, 1.54) is 87.6 Å². The number of hydrogen-bond acceptors (Lipinski definition) is 0. The first kappa shape index (κ1) is 29.9. The average Bonchev–Trinajstić information content (AvgIpc) is 3.53. The summed E-state index contributed by atoms with van der Waals surface area (Å²) in [7, 11) is 0. The monoisotopic (exact) mass is 639 g/mol. The summed E-state index contributed by atoms with van der Waals surface area (Å²) in [4.78, 5) is 0. The molecule has 0 aliphatic rings. The Bertz CT molecular complexity index is 2730. The van der Waals surface area contributed by atoms with Gasteiger partial charge in [-0.1, -0.05) is 164 Å². The Labute approximate surface area is 293 Å². The first-order chi connectivity index (χ1) is 24.8. The lowest BCUT2D eigenvalue weighted by molar-refractivity contribution is 0.996. The molecule has 0 radical (unpaired) electrons. The number of aryl methyl sites for hydroxylation is 1. The molecule has 50 heavy (non-hydrogen) atoms. The Morgan fingerprint density at radius 2 is 1.08 bits per heavy atom. The van der Waals surface area contributed by atoms with Crippen LogP contribution in [-0.2, 0) is 6.42 Å².